The van der Waals surface area contributed by atoms with Gasteiger partial charge in [0.1, 0.15) is 5.82 Å². The summed E-state index contributed by atoms with van der Waals surface area (Å²) >= 11 is 12.6. The molecule has 2 saturated heterocycles. The molecule has 0 bridgehead atoms. The largest absolute Gasteiger partial charge is 0.317 e. The minimum Gasteiger partial charge on any atom is -0.317 e. The smallest absolute Gasteiger partial charge is 0.228 e. The van der Waals surface area contributed by atoms with Crippen molar-refractivity contribution >= 4 is 34.9 Å². The maximum absolute atomic E-state index is 12.8. The van der Waals surface area contributed by atoms with Crippen molar-refractivity contribution in [3.63, 3.8) is 0 Å². The highest BCUT2D eigenvalue weighted by Gasteiger charge is 2.41. The second-order valence-electron chi connectivity index (χ2n) is 8.73. The average molecular weight is 461 g/mol. The second kappa shape index (κ2) is 9.86. The fourth-order valence-corrected chi connectivity index (χ4v) is 5.20. The molecule has 4 rings (SSSR count). The van der Waals surface area contributed by atoms with Crippen LogP contribution >= 0.6 is 23.2 Å². The summed E-state index contributed by atoms with van der Waals surface area (Å²) in [6.07, 6.45) is 6.36. The zero-order chi connectivity index (χ0) is 21.8. The summed E-state index contributed by atoms with van der Waals surface area (Å²) in [5, 5.41) is 4.52. The van der Waals surface area contributed by atoms with Gasteiger partial charge in [-0.25, -0.2) is 4.98 Å². The lowest BCUT2D eigenvalue weighted by Crippen LogP contribution is -2.51. The van der Waals surface area contributed by atoms with Crippen LogP contribution in [0.15, 0.2) is 42.6 Å². The van der Waals surface area contributed by atoms with E-state index in [1.807, 2.05) is 42.3 Å². The number of hydrogen-bond donors (Lipinski definition) is 1. The van der Waals surface area contributed by atoms with E-state index in [9.17, 15) is 4.79 Å². The van der Waals surface area contributed by atoms with Gasteiger partial charge in [-0.15, -0.1) is 0 Å². The van der Waals surface area contributed by atoms with Gasteiger partial charge in [0.2, 0.25) is 5.91 Å². The van der Waals surface area contributed by atoms with Gasteiger partial charge in [-0.05, 0) is 82.2 Å². The number of carbonyl (C=O) groups excluding carboxylic acids is 1. The number of pyridine rings is 1. The van der Waals surface area contributed by atoms with E-state index in [0.29, 0.717) is 34.9 Å². The average Bonchev–Trinajstić information content (AvgIpc) is 2.81. The maximum Gasteiger partial charge on any atom is 0.228 e. The van der Waals surface area contributed by atoms with Crippen LogP contribution < -0.4 is 10.2 Å². The Bertz CT molecular complexity index is 902. The Morgan fingerprint density at radius 3 is 2.65 bits per heavy atom. The van der Waals surface area contributed by atoms with Crippen molar-refractivity contribution in [3.8, 4) is 0 Å². The van der Waals surface area contributed by atoms with Gasteiger partial charge in [-0.3, -0.25) is 9.69 Å². The van der Waals surface area contributed by atoms with Gasteiger partial charge < -0.3 is 10.2 Å². The Morgan fingerprint density at radius 2 is 1.97 bits per heavy atom. The molecule has 1 aromatic heterocycles. The van der Waals surface area contributed by atoms with Crippen LogP contribution in [0.1, 0.15) is 37.7 Å². The SMILES string of the molecule is CNC1CCN(CC[C@]2(c3ccc(Cl)c(Cl)c3)CCC(=O)N(c3ccccn3)C2)CC1. The summed E-state index contributed by atoms with van der Waals surface area (Å²) < 4.78 is 0. The Balaban J connectivity index is 1.60. The third kappa shape index (κ3) is 5.06. The summed E-state index contributed by atoms with van der Waals surface area (Å²) in [6, 6.07) is 12.3. The quantitative estimate of drug-likeness (QED) is 0.687. The number of nitrogens with one attached hydrogen (secondary N) is 1. The van der Waals surface area contributed by atoms with Crippen molar-refractivity contribution in [2.75, 3.05) is 38.1 Å². The summed E-state index contributed by atoms with van der Waals surface area (Å²) in [5.74, 6) is 0.843. The van der Waals surface area contributed by atoms with E-state index in [1.165, 1.54) is 12.8 Å². The standard InChI is InChI=1S/C24H30Cl2N4O/c1-27-19-8-13-29(14-9-19)15-11-24(18-5-6-20(25)21(26)16-18)10-7-23(31)30(17-24)22-4-2-3-12-28-22/h2-6,12,16,19,27H,7-11,13-15,17H2,1H3/t24-/m1/s1. The Morgan fingerprint density at radius 1 is 1.16 bits per heavy atom. The maximum atomic E-state index is 12.8. The zero-order valence-electron chi connectivity index (χ0n) is 18.0. The molecule has 1 atom stereocenters. The molecular weight excluding hydrogens is 431 g/mol. The first-order valence-electron chi connectivity index (χ1n) is 11.1. The molecule has 1 N–H and O–H groups in total. The molecule has 3 heterocycles. The Kier molecular flexibility index (Phi) is 7.17. The highest BCUT2D eigenvalue weighted by Crippen LogP contribution is 2.41. The first-order chi connectivity index (χ1) is 15.0. The van der Waals surface area contributed by atoms with Crippen LogP contribution in [-0.4, -0.2) is 55.1 Å². The third-order valence-electron chi connectivity index (χ3n) is 6.94. The van der Waals surface area contributed by atoms with Crippen molar-refractivity contribution in [2.45, 2.75) is 43.6 Å². The highest BCUT2D eigenvalue weighted by molar-refractivity contribution is 6.42. The number of aromatic nitrogens is 1. The van der Waals surface area contributed by atoms with Crippen LogP contribution in [0.4, 0.5) is 5.82 Å². The first-order valence-corrected chi connectivity index (χ1v) is 11.8. The topological polar surface area (TPSA) is 48.5 Å². The molecule has 7 heteroatoms. The molecule has 1 amide bonds. The summed E-state index contributed by atoms with van der Waals surface area (Å²) in [4.78, 5) is 21.7. The van der Waals surface area contributed by atoms with Crippen LogP contribution in [0, 0.1) is 0 Å². The molecule has 31 heavy (non-hydrogen) atoms. The minimum atomic E-state index is -0.181. The van der Waals surface area contributed by atoms with E-state index >= 15 is 0 Å². The number of carbonyl (C=O) groups is 1. The third-order valence-corrected chi connectivity index (χ3v) is 7.68. The van der Waals surface area contributed by atoms with E-state index in [1.54, 1.807) is 6.20 Å². The summed E-state index contributed by atoms with van der Waals surface area (Å²) in [5.41, 5.74) is 0.972. The van der Waals surface area contributed by atoms with Gasteiger partial charge in [0.05, 0.1) is 10.0 Å². The molecule has 166 valence electrons. The van der Waals surface area contributed by atoms with Crippen molar-refractivity contribution in [1.82, 2.24) is 15.2 Å². The molecule has 2 aromatic rings. The number of nitrogens with zero attached hydrogens (tertiary/aromatic N) is 3. The number of hydrogen-bond acceptors (Lipinski definition) is 4. The first kappa shape index (κ1) is 22.5. The number of likely N-dealkylation sites (tertiary alicyclic amines) is 1. The monoisotopic (exact) mass is 460 g/mol. The molecule has 0 unspecified atom stereocenters. The van der Waals surface area contributed by atoms with Crippen LogP contribution in [0.3, 0.4) is 0 Å². The minimum absolute atomic E-state index is 0.129. The van der Waals surface area contributed by atoms with Crippen LogP contribution in [0.25, 0.3) is 0 Å². The molecule has 2 aliphatic heterocycles. The molecule has 2 fully saturated rings. The fourth-order valence-electron chi connectivity index (χ4n) is 4.90. The molecule has 5 nitrogen and oxygen atoms in total. The molecule has 0 radical (unpaired) electrons. The van der Waals surface area contributed by atoms with Crippen LogP contribution in [0.2, 0.25) is 10.0 Å². The molecule has 0 spiro atoms. The number of amides is 1. The zero-order valence-corrected chi connectivity index (χ0v) is 19.5. The number of halogens is 2. The van der Waals surface area contributed by atoms with E-state index < -0.39 is 0 Å². The van der Waals surface area contributed by atoms with Crippen molar-refractivity contribution in [3.05, 3.63) is 58.2 Å². The second-order valence-corrected chi connectivity index (χ2v) is 9.55. The van der Waals surface area contributed by atoms with Crippen molar-refractivity contribution in [1.29, 1.82) is 0 Å². The highest BCUT2D eigenvalue weighted by atomic mass is 35.5. The Labute approximate surface area is 194 Å². The number of rotatable bonds is 6. The number of anilines is 1. The lowest BCUT2D eigenvalue weighted by molar-refractivity contribution is -0.120. The number of piperidine rings is 2. The molecule has 2 aliphatic rings. The van der Waals surface area contributed by atoms with Gasteiger partial charge in [-0.1, -0.05) is 35.3 Å². The predicted molar refractivity (Wildman–Crippen MR) is 127 cm³/mol. The van der Waals surface area contributed by atoms with Crippen LogP contribution in [-0.2, 0) is 10.2 Å². The number of benzene rings is 1. The Hall–Kier alpha value is -1.66. The van der Waals surface area contributed by atoms with E-state index in [-0.39, 0.29) is 11.3 Å². The van der Waals surface area contributed by atoms with Crippen molar-refractivity contribution in [2.24, 2.45) is 0 Å². The van der Waals surface area contributed by atoms with E-state index in [0.717, 1.165) is 38.0 Å². The van der Waals surface area contributed by atoms with Crippen LogP contribution in [0.5, 0.6) is 0 Å². The van der Waals surface area contributed by atoms with Gasteiger partial charge in [-0.2, -0.15) is 0 Å². The molecule has 1 aromatic carbocycles. The van der Waals surface area contributed by atoms with E-state index in [2.05, 4.69) is 21.3 Å². The predicted octanol–water partition coefficient (Wildman–Crippen LogP) is 4.53. The normalized spacial score (nSPS) is 23.3. The van der Waals surface area contributed by atoms with Gasteiger partial charge in [0.25, 0.3) is 0 Å². The van der Waals surface area contributed by atoms with Gasteiger partial charge in [0.15, 0.2) is 0 Å². The summed E-state index contributed by atoms with van der Waals surface area (Å²) in [6.45, 7) is 3.81. The lowest BCUT2D eigenvalue weighted by Gasteiger charge is -2.44. The summed E-state index contributed by atoms with van der Waals surface area (Å²) in [7, 11) is 2.05. The van der Waals surface area contributed by atoms with Crippen molar-refractivity contribution < 1.29 is 4.79 Å². The van der Waals surface area contributed by atoms with Gasteiger partial charge >= 0.3 is 0 Å². The molecule has 0 aliphatic carbocycles. The fraction of sp³-hybridized carbons (Fsp3) is 0.500. The molecular formula is C24H30Cl2N4O. The molecule has 0 saturated carbocycles. The van der Waals surface area contributed by atoms with E-state index in [4.69, 9.17) is 23.2 Å². The lowest BCUT2D eigenvalue weighted by atomic mass is 9.71. The van der Waals surface area contributed by atoms with Gasteiger partial charge in [0, 0.05) is 30.6 Å².